The molecule has 0 saturated carbocycles. The Morgan fingerprint density at radius 2 is 1.73 bits per heavy atom. The van der Waals surface area contributed by atoms with Crippen molar-refractivity contribution in [3.05, 3.63) is 74.4 Å². The molecular weight excluding hydrogens is 502 g/mol. The molecule has 0 aliphatic heterocycles. The third-order valence-electron chi connectivity index (χ3n) is 5.43. The molecule has 11 nitrogen and oxygen atoms in total. The molecule has 4 aromatic rings. The lowest BCUT2D eigenvalue weighted by Gasteiger charge is -2.05. The smallest absolute Gasteiger partial charge is 0.342 e. The van der Waals surface area contributed by atoms with E-state index in [-0.39, 0.29) is 27.5 Å². The Hall–Kier alpha value is -4.58. The number of carboxylic acids is 1. The lowest BCUT2D eigenvalue weighted by molar-refractivity contribution is -0.385. The zero-order valence-corrected chi connectivity index (χ0v) is 21.0. The number of ether oxygens (including phenoxy) is 2. The van der Waals surface area contributed by atoms with Gasteiger partial charge in [0.25, 0.3) is 10.9 Å². The van der Waals surface area contributed by atoms with Crippen molar-refractivity contribution in [1.82, 2.24) is 10.2 Å². The van der Waals surface area contributed by atoms with E-state index in [1.807, 2.05) is 0 Å². The van der Waals surface area contributed by atoms with Crippen LogP contribution in [0.15, 0.2) is 61.4 Å². The lowest BCUT2D eigenvalue weighted by Crippen LogP contribution is -1.96. The van der Waals surface area contributed by atoms with Crippen LogP contribution in [0.3, 0.4) is 0 Å². The molecular formula is C25H21N3O8S. The van der Waals surface area contributed by atoms with Crippen molar-refractivity contribution in [2.75, 3.05) is 14.2 Å². The largest absolute Gasteiger partial charge is 0.497 e. The van der Waals surface area contributed by atoms with Crippen LogP contribution in [0.2, 0.25) is 0 Å². The van der Waals surface area contributed by atoms with E-state index in [4.69, 9.17) is 18.3 Å². The number of nitrogens with zero attached hydrogens (tertiary/aromatic N) is 3. The van der Waals surface area contributed by atoms with Gasteiger partial charge in [-0.3, -0.25) is 10.1 Å². The molecule has 0 spiro atoms. The number of hydrogen-bond acceptors (Lipinski definition) is 10. The minimum Gasteiger partial charge on any atom is -0.497 e. The highest BCUT2D eigenvalue weighted by atomic mass is 32.2. The summed E-state index contributed by atoms with van der Waals surface area (Å²) < 4.78 is 21.9. The van der Waals surface area contributed by atoms with Gasteiger partial charge in [0.05, 0.1) is 19.1 Å². The number of thioether (sulfide) groups is 1. The van der Waals surface area contributed by atoms with Crippen molar-refractivity contribution < 1.29 is 33.1 Å². The predicted molar refractivity (Wildman–Crippen MR) is 135 cm³/mol. The number of furan rings is 1. The molecule has 0 saturated heterocycles. The Balaban J connectivity index is 1.60. The first-order chi connectivity index (χ1) is 17.7. The fourth-order valence-electron chi connectivity index (χ4n) is 3.41. The number of carboxylic acid groups (broad SMARTS) is 1. The molecule has 0 atom stereocenters. The maximum atomic E-state index is 11.9. The molecule has 2 heterocycles. The van der Waals surface area contributed by atoms with Gasteiger partial charge in [0.15, 0.2) is 0 Å². The van der Waals surface area contributed by atoms with E-state index in [1.165, 1.54) is 26.4 Å². The summed E-state index contributed by atoms with van der Waals surface area (Å²) in [5.74, 6) is 0.567. The van der Waals surface area contributed by atoms with Crippen LogP contribution in [0, 0.1) is 24.0 Å². The summed E-state index contributed by atoms with van der Waals surface area (Å²) in [6, 6.07) is 11.4. The quantitative estimate of drug-likeness (QED) is 0.123. The first-order valence-corrected chi connectivity index (χ1v) is 11.6. The standard InChI is InChI=1S/C25H21N3O8S/c1-13-7-15(10-20(14(13)2)28(31)32)21-6-5-17(35-21)12-22(24(29)30)37-25-27-26-23(36-25)16-8-18(33-3)11-19(9-16)34-4/h5-12H,1-4H3,(H,29,30)/b22-12-. The molecule has 0 aliphatic carbocycles. The van der Waals surface area contributed by atoms with Crippen LogP contribution >= 0.6 is 11.8 Å². The summed E-state index contributed by atoms with van der Waals surface area (Å²) in [6.07, 6.45) is 1.31. The van der Waals surface area contributed by atoms with Crippen molar-refractivity contribution in [3.8, 4) is 34.3 Å². The number of benzene rings is 2. The van der Waals surface area contributed by atoms with Gasteiger partial charge in [-0.2, -0.15) is 0 Å². The van der Waals surface area contributed by atoms with E-state index in [2.05, 4.69) is 10.2 Å². The molecule has 12 heteroatoms. The second kappa shape index (κ2) is 10.6. The van der Waals surface area contributed by atoms with Crippen molar-refractivity contribution in [2.45, 2.75) is 19.1 Å². The summed E-state index contributed by atoms with van der Waals surface area (Å²) in [5, 5.41) is 29.0. The van der Waals surface area contributed by atoms with Crippen LogP contribution < -0.4 is 9.47 Å². The lowest BCUT2D eigenvalue weighted by atomic mass is 10.0. The van der Waals surface area contributed by atoms with Gasteiger partial charge >= 0.3 is 5.97 Å². The second-order valence-corrected chi connectivity index (χ2v) is 8.78. The van der Waals surface area contributed by atoms with Crippen LogP contribution in [0.4, 0.5) is 5.69 Å². The monoisotopic (exact) mass is 523 g/mol. The maximum absolute atomic E-state index is 11.9. The summed E-state index contributed by atoms with van der Waals surface area (Å²) in [5.41, 5.74) is 2.33. The van der Waals surface area contributed by atoms with Gasteiger partial charge in [0, 0.05) is 34.9 Å². The molecule has 0 fully saturated rings. The molecule has 1 N–H and O–H groups in total. The molecule has 0 bridgehead atoms. The van der Waals surface area contributed by atoms with Crippen molar-refractivity contribution in [2.24, 2.45) is 0 Å². The van der Waals surface area contributed by atoms with Crippen LogP contribution in [-0.4, -0.2) is 40.4 Å². The number of rotatable bonds is 9. The van der Waals surface area contributed by atoms with E-state index >= 15 is 0 Å². The number of aryl methyl sites for hydroxylation is 1. The topological polar surface area (TPSA) is 151 Å². The van der Waals surface area contributed by atoms with E-state index in [1.54, 1.807) is 50.2 Å². The Kier molecular flexibility index (Phi) is 7.30. The Morgan fingerprint density at radius 1 is 1.03 bits per heavy atom. The number of nitro groups is 1. The second-order valence-electron chi connectivity index (χ2n) is 7.79. The highest BCUT2D eigenvalue weighted by molar-refractivity contribution is 8.03. The normalized spacial score (nSPS) is 11.4. The number of hydrogen-bond donors (Lipinski definition) is 1. The SMILES string of the molecule is COc1cc(OC)cc(-c2nnc(S/C(=C\c3ccc(-c4cc(C)c(C)c([N+](=O)[O-])c4)o3)C(=O)O)o2)c1. The van der Waals surface area contributed by atoms with E-state index in [0.29, 0.717) is 33.9 Å². The average Bonchev–Trinajstić information content (AvgIpc) is 3.54. The van der Waals surface area contributed by atoms with Gasteiger partial charge in [-0.1, -0.05) is 0 Å². The molecule has 0 aliphatic rings. The third-order valence-corrected chi connectivity index (χ3v) is 6.29. The molecule has 0 unspecified atom stereocenters. The highest BCUT2D eigenvalue weighted by Crippen LogP contribution is 2.35. The van der Waals surface area contributed by atoms with Crippen molar-refractivity contribution >= 4 is 29.5 Å². The molecule has 37 heavy (non-hydrogen) atoms. The molecule has 2 aromatic carbocycles. The maximum Gasteiger partial charge on any atom is 0.342 e. The summed E-state index contributed by atoms with van der Waals surface area (Å²) >= 11 is 0.752. The third kappa shape index (κ3) is 5.64. The first-order valence-electron chi connectivity index (χ1n) is 10.7. The molecule has 0 amide bonds. The van der Waals surface area contributed by atoms with Gasteiger partial charge in [-0.15, -0.1) is 10.2 Å². The van der Waals surface area contributed by atoms with E-state index in [0.717, 1.165) is 17.3 Å². The molecule has 190 valence electrons. The molecule has 2 aromatic heterocycles. The van der Waals surface area contributed by atoms with Gasteiger partial charge < -0.3 is 23.4 Å². The Bertz CT molecular complexity index is 1500. The summed E-state index contributed by atoms with van der Waals surface area (Å²) in [6.45, 7) is 3.45. The van der Waals surface area contributed by atoms with Gasteiger partial charge in [0.2, 0.25) is 5.89 Å². The molecule has 4 rings (SSSR count). The fourth-order valence-corrected chi connectivity index (χ4v) is 4.07. The summed E-state index contributed by atoms with van der Waals surface area (Å²) in [7, 11) is 3.03. The van der Waals surface area contributed by atoms with Crippen LogP contribution in [0.1, 0.15) is 16.9 Å². The number of aliphatic carboxylic acids is 1. The van der Waals surface area contributed by atoms with Gasteiger partial charge in [-0.25, -0.2) is 4.79 Å². The Labute approximate surface area is 214 Å². The van der Waals surface area contributed by atoms with Crippen LogP contribution in [-0.2, 0) is 4.79 Å². The number of methoxy groups -OCH3 is 2. The minimum atomic E-state index is -1.23. The van der Waals surface area contributed by atoms with Crippen molar-refractivity contribution in [1.29, 1.82) is 0 Å². The number of aromatic nitrogens is 2. The average molecular weight is 524 g/mol. The predicted octanol–water partition coefficient (Wildman–Crippen LogP) is 5.76. The highest BCUT2D eigenvalue weighted by Gasteiger charge is 2.19. The zero-order valence-electron chi connectivity index (χ0n) is 20.2. The van der Waals surface area contributed by atoms with Gasteiger partial charge in [-0.05, 0) is 61.5 Å². The Morgan fingerprint density at radius 3 is 2.35 bits per heavy atom. The molecule has 0 radical (unpaired) electrons. The number of carbonyl (C=O) groups is 1. The van der Waals surface area contributed by atoms with E-state index < -0.39 is 10.9 Å². The van der Waals surface area contributed by atoms with Crippen LogP contribution in [0.5, 0.6) is 11.5 Å². The zero-order chi connectivity index (χ0) is 26.7. The fraction of sp³-hybridized carbons (Fsp3) is 0.160. The van der Waals surface area contributed by atoms with Crippen LogP contribution in [0.25, 0.3) is 28.9 Å². The van der Waals surface area contributed by atoms with Crippen molar-refractivity contribution in [3.63, 3.8) is 0 Å². The van der Waals surface area contributed by atoms with E-state index in [9.17, 15) is 20.0 Å². The minimum absolute atomic E-state index is 0.00185. The van der Waals surface area contributed by atoms with Gasteiger partial charge in [0.1, 0.15) is 27.9 Å². The number of nitro benzene ring substituents is 1. The first kappa shape index (κ1) is 25.5. The summed E-state index contributed by atoms with van der Waals surface area (Å²) in [4.78, 5) is 22.7.